The molecule has 1 fully saturated rings. The van der Waals surface area contributed by atoms with E-state index >= 15 is 0 Å². The van der Waals surface area contributed by atoms with Crippen molar-refractivity contribution in [2.75, 3.05) is 20.2 Å². The fourth-order valence-corrected chi connectivity index (χ4v) is 5.24. The van der Waals surface area contributed by atoms with E-state index in [4.69, 9.17) is 14.6 Å². The SMILES string of the molecule is COC(=O)N1CCC(c2ccc(COc3c(C)cccc3-c3cccc(-n4ncc(OC(=O)O)c4C(F)(F)F)n3)cc2)CC1. The number of hydrogen-bond donors (Lipinski definition) is 1. The molecule has 0 saturated carbocycles. The molecule has 44 heavy (non-hydrogen) atoms. The third kappa shape index (κ3) is 6.61. The Morgan fingerprint density at radius 3 is 2.39 bits per heavy atom. The van der Waals surface area contributed by atoms with Gasteiger partial charge >= 0.3 is 18.4 Å². The average Bonchev–Trinajstić information content (AvgIpc) is 3.44. The highest BCUT2D eigenvalue weighted by Crippen LogP contribution is 2.38. The lowest BCUT2D eigenvalue weighted by Crippen LogP contribution is -2.37. The van der Waals surface area contributed by atoms with E-state index in [2.05, 4.69) is 27.0 Å². The second-order valence-electron chi connectivity index (χ2n) is 10.2. The minimum Gasteiger partial charge on any atom is -0.488 e. The highest BCUT2D eigenvalue weighted by atomic mass is 19.4. The summed E-state index contributed by atoms with van der Waals surface area (Å²) in [4.78, 5) is 28.8. The Morgan fingerprint density at radius 2 is 1.73 bits per heavy atom. The maximum absolute atomic E-state index is 13.9. The van der Waals surface area contributed by atoms with Crippen molar-refractivity contribution < 1.29 is 42.1 Å². The maximum atomic E-state index is 13.9. The van der Waals surface area contributed by atoms with Crippen molar-refractivity contribution in [3.8, 4) is 28.6 Å². The lowest BCUT2D eigenvalue weighted by Gasteiger charge is -2.31. The summed E-state index contributed by atoms with van der Waals surface area (Å²) in [6.45, 7) is 3.38. The van der Waals surface area contributed by atoms with Crippen molar-refractivity contribution >= 4 is 12.2 Å². The van der Waals surface area contributed by atoms with E-state index in [1.54, 1.807) is 23.1 Å². The first-order valence-corrected chi connectivity index (χ1v) is 13.7. The predicted octanol–water partition coefficient (Wildman–Crippen LogP) is 6.84. The summed E-state index contributed by atoms with van der Waals surface area (Å²) in [6, 6.07) is 18.0. The Kier molecular flexibility index (Phi) is 8.74. The van der Waals surface area contributed by atoms with Crippen LogP contribution >= 0.6 is 0 Å². The molecule has 13 heteroatoms. The molecule has 0 radical (unpaired) electrons. The number of carbonyl (C=O) groups excluding carboxylic acids is 1. The summed E-state index contributed by atoms with van der Waals surface area (Å²) in [5.41, 5.74) is 2.40. The van der Waals surface area contributed by atoms with Crippen LogP contribution < -0.4 is 9.47 Å². The standard InChI is InChI=1S/C31H29F3N4O6/c1-19-5-3-6-23(24-7-4-8-26(36-24)38-28(31(32,33)34)25(17-35-38)44-30(40)41)27(19)43-18-20-9-11-21(12-10-20)22-13-15-37(16-14-22)29(39)42-2/h3-12,17,22H,13-16,18H2,1-2H3,(H,40,41). The molecule has 1 aliphatic rings. The molecule has 5 rings (SSSR count). The molecule has 0 aliphatic carbocycles. The average molecular weight is 611 g/mol. The number of para-hydroxylation sites is 1. The quantitative estimate of drug-likeness (QED) is 0.226. The molecule has 4 aromatic rings. The van der Waals surface area contributed by atoms with Crippen LogP contribution in [0.1, 0.15) is 41.1 Å². The molecular weight excluding hydrogens is 581 g/mol. The number of aromatic nitrogens is 3. The van der Waals surface area contributed by atoms with Gasteiger partial charge in [-0.3, -0.25) is 0 Å². The number of ether oxygens (including phenoxy) is 3. The van der Waals surface area contributed by atoms with Crippen LogP contribution in [0.25, 0.3) is 17.1 Å². The van der Waals surface area contributed by atoms with Gasteiger partial charge in [0.1, 0.15) is 12.4 Å². The van der Waals surface area contributed by atoms with Crippen molar-refractivity contribution in [3.05, 3.63) is 89.2 Å². The van der Waals surface area contributed by atoms with E-state index in [0.29, 0.717) is 46.9 Å². The first kappa shape index (κ1) is 30.4. The third-order valence-electron chi connectivity index (χ3n) is 7.40. The lowest BCUT2D eigenvalue weighted by molar-refractivity contribution is -0.143. The van der Waals surface area contributed by atoms with Crippen molar-refractivity contribution in [1.82, 2.24) is 19.7 Å². The first-order valence-electron chi connectivity index (χ1n) is 13.7. The number of aryl methyl sites for hydroxylation is 1. The number of hydrogen-bond acceptors (Lipinski definition) is 7. The number of rotatable bonds is 7. The van der Waals surface area contributed by atoms with Crippen molar-refractivity contribution in [2.45, 2.75) is 38.5 Å². The number of likely N-dealkylation sites (tertiary alicyclic amines) is 1. The van der Waals surface area contributed by atoms with Crippen molar-refractivity contribution in [1.29, 1.82) is 0 Å². The van der Waals surface area contributed by atoms with E-state index in [0.717, 1.165) is 24.0 Å². The van der Waals surface area contributed by atoms with Crippen LogP contribution in [0.5, 0.6) is 11.5 Å². The van der Waals surface area contributed by atoms with Gasteiger partial charge < -0.3 is 24.2 Å². The number of amides is 1. The van der Waals surface area contributed by atoms with Crippen molar-refractivity contribution in [2.24, 2.45) is 0 Å². The largest absolute Gasteiger partial charge is 0.511 e. The van der Waals surface area contributed by atoms with Gasteiger partial charge in [0, 0.05) is 18.7 Å². The topological polar surface area (TPSA) is 116 Å². The number of nitrogens with zero attached hydrogens (tertiary/aromatic N) is 4. The van der Waals surface area contributed by atoms with Crippen LogP contribution in [0.3, 0.4) is 0 Å². The second kappa shape index (κ2) is 12.7. The molecule has 0 unspecified atom stereocenters. The Bertz CT molecular complexity index is 1650. The van der Waals surface area contributed by atoms with Gasteiger partial charge in [-0.2, -0.15) is 18.3 Å². The Morgan fingerprint density at radius 1 is 1.02 bits per heavy atom. The number of alkyl halides is 3. The highest BCUT2D eigenvalue weighted by molar-refractivity contribution is 5.70. The molecule has 0 bridgehead atoms. The van der Waals surface area contributed by atoms with Gasteiger partial charge in [-0.25, -0.2) is 19.3 Å². The zero-order valence-corrected chi connectivity index (χ0v) is 23.9. The summed E-state index contributed by atoms with van der Waals surface area (Å²) in [6.07, 6.45) is -4.79. The second-order valence-corrected chi connectivity index (χ2v) is 10.2. The number of carbonyl (C=O) groups is 2. The first-order chi connectivity index (χ1) is 21.0. The maximum Gasteiger partial charge on any atom is 0.511 e. The molecule has 10 nitrogen and oxygen atoms in total. The van der Waals surface area contributed by atoms with E-state index in [1.807, 2.05) is 25.1 Å². The normalized spacial score (nSPS) is 13.9. The summed E-state index contributed by atoms with van der Waals surface area (Å²) in [5, 5.41) is 12.6. The lowest BCUT2D eigenvalue weighted by atomic mass is 9.89. The number of piperidine rings is 1. The van der Waals surface area contributed by atoms with Crippen LogP contribution in [0.2, 0.25) is 0 Å². The van der Waals surface area contributed by atoms with E-state index < -0.39 is 23.8 Å². The molecule has 1 amide bonds. The van der Waals surface area contributed by atoms with E-state index in [-0.39, 0.29) is 18.5 Å². The molecule has 1 saturated heterocycles. The van der Waals surface area contributed by atoms with Crippen LogP contribution in [0.15, 0.2) is 66.9 Å². The molecule has 1 aliphatic heterocycles. The minimum atomic E-state index is -4.97. The summed E-state index contributed by atoms with van der Waals surface area (Å²) >= 11 is 0. The van der Waals surface area contributed by atoms with Gasteiger partial charge in [0.2, 0.25) is 0 Å². The Labute approximate surface area is 250 Å². The van der Waals surface area contributed by atoms with Crippen LogP contribution in [0, 0.1) is 6.92 Å². The highest BCUT2D eigenvalue weighted by Gasteiger charge is 2.41. The zero-order chi connectivity index (χ0) is 31.4. The van der Waals surface area contributed by atoms with E-state index in [1.165, 1.54) is 24.8 Å². The van der Waals surface area contributed by atoms with Gasteiger partial charge in [0.15, 0.2) is 17.3 Å². The van der Waals surface area contributed by atoms with Crippen LogP contribution in [0.4, 0.5) is 22.8 Å². The van der Waals surface area contributed by atoms with Crippen LogP contribution in [-0.4, -0.2) is 57.2 Å². The predicted molar refractivity (Wildman–Crippen MR) is 152 cm³/mol. The molecule has 0 atom stereocenters. The third-order valence-corrected chi connectivity index (χ3v) is 7.40. The van der Waals surface area contributed by atoms with Crippen LogP contribution in [-0.2, 0) is 17.5 Å². The number of carboxylic acid groups (broad SMARTS) is 1. The van der Waals surface area contributed by atoms with Gasteiger partial charge in [0.25, 0.3) is 0 Å². The monoisotopic (exact) mass is 610 g/mol. The fourth-order valence-electron chi connectivity index (χ4n) is 5.24. The number of benzene rings is 2. The van der Waals surface area contributed by atoms with E-state index in [9.17, 15) is 22.8 Å². The molecule has 0 spiro atoms. The molecule has 230 valence electrons. The summed E-state index contributed by atoms with van der Waals surface area (Å²) in [5.74, 6) is -0.278. The van der Waals surface area contributed by atoms with Crippen molar-refractivity contribution in [3.63, 3.8) is 0 Å². The van der Waals surface area contributed by atoms with Gasteiger partial charge in [-0.05, 0) is 60.6 Å². The minimum absolute atomic E-state index is 0.185. The van der Waals surface area contributed by atoms with Gasteiger partial charge in [-0.1, -0.05) is 42.5 Å². The summed E-state index contributed by atoms with van der Waals surface area (Å²) < 4.78 is 57.5. The summed E-state index contributed by atoms with van der Waals surface area (Å²) in [7, 11) is 1.38. The zero-order valence-electron chi connectivity index (χ0n) is 23.9. The van der Waals surface area contributed by atoms with Gasteiger partial charge in [0.05, 0.1) is 19.0 Å². The number of halogens is 3. The molecule has 1 N–H and O–H groups in total. The van der Waals surface area contributed by atoms with Gasteiger partial charge in [-0.15, -0.1) is 0 Å². The number of pyridine rings is 1. The molecular formula is C31H29F3N4O6. The Hall–Kier alpha value is -5.07. The molecule has 2 aromatic carbocycles. The number of methoxy groups -OCH3 is 1. The molecule has 2 aromatic heterocycles. The smallest absolute Gasteiger partial charge is 0.488 e. The fraction of sp³-hybridized carbons (Fsp3) is 0.290. The Balaban J connectivity index is 1.34. The molecule has 3 heterocycles.